The molecule has 0 atom stereocenters. The normalized spacial score (nSPS) is 8.35. The average Bonchev–Trinajstić information content (AvgIpc) is 2.31. The summed E-state index contributed by atoms with van der Waals surface area (Å²) in [5.41, 5.74) is 0. The van der Waals surface area contributed by atoms with E-state index in [1.54, 1.807) is 6.92 Å². The van der Waals surface area contributed by atoms with Crippen LogP contribution in [0.2, 0.25) is 0 Å². The van der Waals surface area contributed by atoms with Gasteiger partial charge in [0.25, 0.3) is 0 Å². The summed E-state index contributed by atoms with van der Waals surface area (Å²) in [5.74, 6) is -0.211. The first-order chi connectivity index (χ1) is 8.10. The van der Waals surface area contributed by atoms with Crippen molar-refractivity contribution in [3.63, 3.8) is 0 Å². The van der Waals surface area contributed by atoms with Gasteiger partial charge in [-0.2, -0.15) is 0 Å². The Balaban J connectivity index is -0.000000180. The van der Waals surface area contributed by atoms with Gasteiger partial charge in [-0.05, 0) is 13.3 Å². The van der Waals surface area contributed by atoms with Crippen LogP contribution in [-0.2, 0) is 9.53 Å². The maximum atomic E-state index is 9.82. The molecular formula is C14H32O3. The number of rotatable bonds is 6. The van der Waals surface area contributed by atoms with Crippen LogP contribution in [0.5, 0.6) is 0 Å². The van der Waals surface area contributed by atoms with E-state index >= 15 is 0 Å². The second kappa shape index (κ2) is 24.6. The number of ether oxygens (including phenoxy) is 1. The molecule has 0 aromatic rings. The summed E-state index contributed by atoms with van der Waals surface area (Å²) in [6.07, 6.45) is 7.88. The third-order valence-electron chi connectivity index (χ3n) is 1.78. The number of aliphatic hydroxyl groups excluding tert-OH is 1. The van der Waals surface area contributed by atoms with Crippen LogP contribution in [-0.4, -0.2) is 24.3 Å². The Morgan fingerprint density at radius 3 is 1.47 bits per heavy atom. The van der Waals surface area contributed by atoms with Crippen molar-refractivity contribution < 1.29 is 14.6 Å². The van der Waals surface area contributed by atoms with Crippen molar-refractivity contribution in [2.24, 2.45) is 0 Å². The number of carbonyl (C=O) groups is 1. The summed E-state index contributed by atoms with van der Waals surface area (Å²) >= 11 is 0. The van der Waals surface area contributed by atoms with Crippen molar-refractivity contribution in [2.75, 3.05) is 13.2 Å². The lowest BCUT2D eigenvalue weighted by molar-refractivity contribution is -0.140. The molecule has 0 heterocycles. The zero-order valence-electron chi connectivity index (χ0n) is 12.4. The van der Waals surface area contributed by atoms with Gasteiger partial charge in [-0.1, -0.05) is 52.9 Å². The average molecular weight is 248 g/mol. The molecule has 0 saturated carbocycles. The molecule has 17 heavy (non-hydrogen) atoms. The van der Waals surface area contributed by atoms with Gasteiger partial charge in [0, 0.05) is 13.5 Å². The molecule has 106 valence electrons. The Kier molecular flexibility index (Phi) is 31.4. The second-order valence-corrected chi connectivity index (χ2v) is 3.71. The molecule has 0 radical (unpaired) electrons. The molecule has 0 amide bonds. The summed E-state index contributed by atoms with van der Waals surface area (Å²) in [6.45, 7) is 10.4. The van der Waals surface area contributed by atoms with Crippen LogP contribution in [0, 0.1) is 0 Å². The Hall–Kier alpha value is -0.570. The summed E-state index contributed by atoms with van der Waals surface area (Å²) in [6, 6.07) is 0. The summed E-state index contributed by atoms with van der Waals surface area (Å²) < 4.78 is 4.40. The van der Waals surface area contributed by atoms with Crippen molar-refractivity contribution in [1.29, 1.82) is 0 Å². The van der Waals surface area contributed by atoms with Gasteiger partial charge in [-0.3, -0.25) is 4.79 Å². The van der Waals surface area contributed by atoms with E-state index < -0.39 is 0 Å². The van der Waals surface area contributed by atoms with E-state index in [1.165, 1.54) is 39.0 Å². The minimum absolute atomic E-state index is 0.211. The fourth-order valence-electron chi connectivity index (χ4n) is 0.880. The maximum absolute atomic E-state index is 9.82. The lowest BCUT2D eigenvalue weighted by Crippen LogP contribution is -1.95. The van der Waals surface area contributed by atoms with Crippen molar-refractivity contribution >= 4 is 5.97 Å². The fourth-order valence-corrected chi connectivity index (χ4v) is 0.880. The molecule has 1 N–H and O–H groups in total. The summed E-state index contributed by atoms with van der Waals surface area (Å²) in [7, 11) is 0. The molecular weight excluding hydrogens is 216 g/mol. The Morgan fingerprint density at radius 2 is 1.35 bits per heavy atom. The third-order valence-corrected chi connectivity index (χ3v) is 1.78. The maximum Gasteiger partial charge on any atom is 0.302 e. The minimum Gasteiger partial charge on any atom is -0.466 e. The van der Waals surface area contributed by atoms with Crippen molar-refractivity contribution in [2.45, 2.75) is 73.1 Å². The summed E-state index contributed by atoms with van der Waals surface area (Å²) in [4.78, 5) is 9.82. The molecule has 0 bridgehead atoms. The van der Waals surface area contributed by atoms with Crippen molar-refractivity contribution in [3.05, 3.63) is 0 Å². The van der Waals surface area contributed by atoms with Gasteiger partial charge in [-0.25, -0.2) is 0 Å². The van der Waals surface area contributed by atoms with Gasteiger partial charge in [0.15, 0.2) is 0 Å². The zero-order chi connectivity index (χ0) is 13.9. The van der Waals surface area contributed by atoms with E-state index in [0.717, 1.165) is 6.42 Å². The zero-order valence-corrected chi connectivity index (χ0v) is 12.4. The van der Waals surface area contributed by atoms with Crippen LogP contribution in [0.15, 0.2) is 0 Å². The highest BCUT2D eigenvalue weighted by atomic mass is 16.5. The number of carbonyl (C=O) groups excluding carboxylic acids is 1. The molecule has 0 aromatic carbocycles. The highest BCUT2D eigenvalue weighted by Crippen LogP contribution is 2.00. The molecule has 3 nitrogen and oxygen atoms in total. The smallest absolute Gasteiger partial charge is 0.302 e. The second-order valence-electron chi connectivity index (χ2n) is 3.71. The van der Waals surface area contributed by atoms with Crippen molar-refractivity contribution in [3.8, 4) is 0 Å². The van der Waals surface area contributed by atoms with E-state index in [0.29, 0.717) is 13.2 Å². The summed E-state index contributed by atoms with van der Waals surface area (Å²) in [5, 5.41) is 7.88. The first-order valence-corrected chi connectivity index (χ1v) is 6.84. The van der Waals surface area contributed by atoms with Crippen LogP contribution in [0.3, 0.4) is 0 Å². The molecule has 0 aliphatic rings. The minimum atomic E-state index is -0.211. The molecule has 0 fully saturated rings. The number of esters is 1. The molecule has 0 unspecified atom stereocenters. The molecule has 3 heteroatoms. The predicted molar refractivity (Wildman–Crippen MR) is 74.1 cm³/mol. The van der Waals surface area contributed by atoms with E-state index in [9.17, 15) is 4.79 Å². The predicted octanol–water partition coefficient (Wildman–Crippen LogP) is 3.93. The SMILES string of the molecule is CCCCCCC.CCCO.CCOC(C)=O. The van der Waals surface area contributed by atoms with Gasteiger partial charge in [0.2, 0.25) is 0 Å². The Labute approximate surface area is 108 Å². The first-order valence-electron chi connectivity index (χ1n) is 6.84. The number of hydrogen-bond donors (Lipinski definition) is 1. The number of unbranched alkanes of at least 4 members (excludes halogenated alkanes) is 4. The lowest BCUT2D eigenvalue weighted by Gasteiger charge is -1.90. The van der Waals surface area contributed by atoms with Crippen LogP contribution in [0.4, 0.5) is 0 Å². The topological polar surface area (TPSA) is 46.5 Å². The Bertz CT molecular complexity index is 119. The van der Waals surface area contributed by atoms with E-state index in [1.807, 2.05) is 6.92 Å². The van der Waals surface area contributed by atoms with Crippen LogP contribution in [0.25, 0.3) is 0 Å². The standard InChI is InChI=1S/C7H16.C4H8O2.C3H8O/c1-3-5-7-6-4-2;1-3-6-4(2)5;1-2-3-4/h3-7H2,1-2H3;3H2,1-2H3;4H,2-3H2,1H3. The van der Waals surface area contributed by atoms with Gasteiger partial charge in [-0.15, -0.1) is 0 Å². The fraction of sp³-hybridized carbons (Fsp3) is 0.929. The van der Waals surface area contributed by atoms with Crippen molar-refractivity contribution in [1.82, 2.24) is 0 Å². The van der Waals surface area contributed by atoms with E-state index in [4.69, 9.17) is 5.11 Å². The third kappa shape index (κ3) is 50.4. The first kappa shape index (κ1) is 21.7. The Morgan fingerprint density at radius 1 is 0.941 bits per heavy atom. The van der Waals surface area contributed by atoms with Crippen LogP contribution < -0.4 is 0 Å². The van der Waals surface area contributed by atoms with Crippen LogP contribution >= 0.6 is 0 Å². The highest BCUT2D eigenvalue weighted by molar-refractivity contribution is 5.65. The molecule has 0 aliphatic carbocycles. The van der Waals surface area contributed by atoms with Crippen LogP contribution in [0.1, 0.15) is 73.1 Å². The van der Waals surface area contributed by atoms with Gasteiger partial charge >= 0.3 is 5.97 Å². The number of aliphatic hydroxyl groups is 1. The van der Waals surface area contributed by atoms with Gasteiger partial charge in [0.1, 0.15) is 0 Å². The molecule has 0 spiro atoms. The quantitative estimate of drug-likeness (QED) is 0.572. The van der Waals surface area contributed by atoms with Gasteiger partial charge < -0.3 is 9.84 Å². The molecule has 0 rings (SSSR count). The lowest BCUT2D eigenvalue weighted by atomic mass is 10.2. The van der Waals surface area contributed by atoms with E-state index in [-0.39, 0.29) is 5.97 Å². The molecule has 0 aromatic heterocycles. The largest absolute Gasteiger partial charge is 0.466 e. The highest BCUT2D eigenvalue weighted by Gasteiger charge is 1.81. The number of hydrogen-bond acceptors (Lipinski definition) is 3. The van der Waals surface area contributed by atoms with E-state index in [2.05, 4.69) is 18.6 Å². The monoisotopic (exact) mass is 248 g/mol. The van der Waals surface area contributed by atoms with Gasteiger partial charge in [0.05, 0.1) is 6.61 Å². The molecule has 0 aliphatic heterocycles. The molecule has 0 saturated heterocycles.